The van der Waals surface area contributed by atoms with Gasteiger partial charge in [-0.1, -0.05) is 18.2 Å². The lowest BCUT2D eigenvalue weighted by atomic mass is 9.97. The largest absolute Gasteiger partial charge is 0.508 e. The van der Waals surface area contributed by atoms with Crippen molar-refractivity contribution in [2.45, 2.75) is 92.1 Å². The van der Waals surface area contributed by atoms with Gasteiger partial charge in [0.2, 0.25) is 18.3 Å². The van der Waals surface area contributed by atoms with E-state index in [9.17, 15) is 81.4 Å². The molecule has 3 saturated heterocycles. The van der Waals surface area contributed by atoms with Crippen LogP contribution in [0.3, 0.4) is 0 Å². The highest BCUT2D eigenvalue weighted by Gasteiger charge is 2.53. The molecule has 0 aliphatic carbocycles. The molecule has 3 aliphatic rings. The van der Waals surface area contributed by atoms with Gasteiger partial charge in [-0.15, -0.1) is 0 Å². The van der Waals surface area contributed by atoms with E-state index in [1.807, 2.05) is 0 Å². The van der Waals surface area contributed by atoms with Crippen molar-refractivity contribution in [3.05, 3.63) is 96.1 Å². The Balaban J connectivity index is 1.14. The average Bonchev–Trinajstić information content (AvgIpc) is 3.38. The molecular formula is C49H53O25+. The molecular weight excluding hydrogens is 989 g/mol. The number of phenolic OH excluding ortho intramolecular Hbond substituents is 6. The number of fused-ring (bicyclic) bond motifs is 1. The second-order valence-electron chi connectivity index (χ2n) is 17.4. The SMILES string of the molecule is O=C(OC[C@H]1O[C@@H](O[C@H]2[C@H](Oc3cc4c(O[C@@H]5O[C@H](CO)[C@@H](O)[C@H](O)[C@H]5O)cc(O)cc4[o+]c3-c3ccc(O)c(O)c3)O[C@H](COC/C=C/c3ccc(O)c(O)c3)[C@@H](O)[C@@H]2O)[C@H](O)[C@@H](O)[C@@H]1O)c1ccc(O)cc1. The molecule has 1 aromatic heterocycles. The van der Waals surface area contributed by atoms with E-state index in [1.54, 1.807) is 6.08 Å². The molecule has 25 heteroatoms. The van der Waals surface area contributed by atoms with E-state index in [1.165, 1.54) is 60.7 Å². The zero-order valence-electron chi connectivity index (χ0n) is 38.4. The quantitative estimate of drug-likeness (QED) is 0.0254. The highest BCUT2D eigenvalue weighted by atomic mass is 16.8. The number of hydrogen-bond donors (Lipinski definition) is 15. The van der Waals surface area contributed by atoms with E-state index in [-0.39, 0.29) is 63.2 Å². The number of aliphatic hydroxyl groups is 9. The Hall–Kier alpha value is -6.66. The predicted octanol–water partition coefficient (Wildman–Crippen LogP) is -0.602. The fourth-order valence-electron chi connectivity index (χ4n) is 8.16. The number of rotatable bonds is 16. The highest BCUT2D eigenvalue weighted by molar-refractivity contribution is 5.90. The summed E-state index contributed by atoms with van der Waals surface area (Å²) < 4.78 is 53.2. The standard InChI is InChI=1S/C49H52O25/c50-17-33-36(57)39(60)42(63)47(71-33)69-31-15-24(52)14-30-25(31)16-32(44(68-30)22-6-10-27(54)29(56)13-22)70-49-45(41(62)38(59)34(73-49)18-66-11-1-2-20-3-9-26(53)28(55)12-20)74-48-43(64)40(61)37(58)35(72-48)19-67-46(65)21-4-7-23(51)8-5-21/h1-10,12-16,33-43,45,47-50,57-64H,11,17-19H2,(H5-,51,52,53,54,55,56,65)/p+1/b2-1+/t33-,34-,35-,36-,37-,38-,39+,40+,41+,42-,43-,45-,47-,48+,49-/m1/s1. The summed E-state index contributed by atoms with van der Waals surface area (Å²) in [6.07, 6.45) is -24.6. The Bertz CT molecular complexity index is 2770. The summed E-state index contributed by atoms with van der Waals surface area (Å²) in [7, 11) is 0. The van der Waals surface area contributed by atoms with Crippen LogP contribution in [0.5, 0.6) is 46.0 Å². The number of aromatic hydroxyl groups is 6. The summed E-state index contributed by atoms with van der Waals surface area (Å²) in [5.74, 6) is -4.43. The Kier molecular flexibility index (Phi) is 16.6. The molecule has 8 rings (SSSR count). The molecule has 0 saturated carbocycles. The minimum absolute atomic E-state index is 0.00296. The van der Waals surface area contributed by atoms with Crippen molar-refractivity contribution in [2.24, 2.45) is 0 Å². The fourth-order valence-corrected chi connectivity index (χ4v) is 8.16. The molecule has 74 heavy (non-hydrogen) atoms. The zero-order valence-corrected chi connectivity index (χ0v) is 38.4. The van der Waals surface area contributed by atoms with Crippen LogP contribution in [-0.4, -0.2) is 201 Å². The van der Waals surface area contributed by atoms with Gasteiger partial charge in [-0.05, 0) is 54.1 Å². The van der Waals surface area contributed by atoms with Crippen molar-refractivity contribution < 1.29 is 124 Å². The Labute approximate surface area is 417 Å². The second kappa shape index (κ2) is 22.8. The van der Waals surface area contributed by atoms with Crippen molar-refractivity contribution >= 4 is 23.0 Å². The number of carbonyl (C=O) groups excluding carboxylic acids is 1. The molecule has 398 valence electrons. The summed E-state index contributed by atoms with van der Waals surface area (Å²) in [5.41, 5.74) is 0.293. The summed E-state index contributed by atoms with van der Waals surface area (Å²) in [4.78, 5) is 12.8. The third-order valence-electron chi connectivity index (χ3n) is 12.3. The van der Waals surface area contributed by atoms with Crippen LogP contribution in [0.1, 0.15) is 15.9 Å². The minimum Gasteiger partial charge on any atom is -0.508 e. The molecule has 0 amide bonds. The van der Waals surface area contributed by atoms with Gasteiger partial charge in [0.15, 0.2) is 35.4 Å². The first kappa shape index (κ1) is 53.6. The first-order valence-electron chi connectivity index (χ1n) is 22.7. The third kappa shape index (κ3) is 11.7. The molecule has 15 atom stereocenters. The summed E-state index contributed by atoms with van der Waals surface area (Å²) in [6, 6.07) is 15.9. The van der Waals surface area contributed by atoms with Crippen LogP contribution in [0.4, 0.5) is 0 Å². The van der Waals surface area contributed by atoms with Gasteiger partial charge in [0.25, 0.3) is 0 Å². The van der Waals surface area contributed by atoms with Crippen molar-refractivity contribution in [1.29, 1.82) is 0 Å². The maximum absolute atomic E-state index is 12.8. The van der Waals surface area contributed by atoms with Crippen molar-refractivity contribution in [3.63, 3.8) is 0 Å². The molecule has 0 radical (unpaired) electrons. The van der Waals surface area contributed by atoms with Gasteiger partial charge in [0.1, 0.15) is 96.4 Å². The number of ether oxygens (including phenoxy) is 8. The topological polar surface area (TPSA) is 406 Å². The first-order valence-corrected chi connectivity index (χ1v) is 22.7. The van der Waals surface area contributed by atoms with Gasteiger partial charge < -0.3 is 114 Å². The fraction of sp³-hybridized carbons (Fsp3) is 0.388. The van der Waals surface area contributed by atoms with E-state index in [0.29, 0.717) is 5.56 Å². The lowest BCUT2D eigenvalue weighted by molar-refractivity contribution is -0.358. The molecule has 0 unspecified atom stereocenters. The monoisotopic (exact) mass is 1040 g/mol. The number of phenols is 6. The lowest BCUT2D eigenvalue weighted by Crippen LogP contribution is -2.65. The minimum atomic E-state index is -2.09. The van der Waals surface area contributed by atoms with Crippen LogP contribution >= 0.6 is 0 Å². The maximum Gasteiger partial charge on any atom is 0.402 e. The van der Waals surface area contributed by atoms with Crippen LogP contribution in [-0.2, 0) is 28.4 Å². The molecule has 15 N–H and O–H groups in total. The van der Waals surface area contributed by atoms with Gasteiger partial charge >= 0.3 is 17.3 Å². The number of esters is 1. The van der Waals surface area contributed by atoms with Crippen LogP contribution in [0.25, 0.3) is 28.4 Å². The second-order valence-corrected chi connectivity index (χ2v) is 17.4. The molecule has 4 heterocycles. The number of benzene rings is 4. The summed E-state index contributed by atoms with van der Waals surface area (Å²) in [5, 5.41) is 159. The molecule has 25 nitrogen and oxygen atoms in total. The molecule has 4 aromatic carbocycles. The van der Waals surface area contributed by atoms with Crippen LogP contribution in [0.15, 0.2) is 89.4 Å². The van der Waals surface area contributed by atoms with E-state index < -0.39 is 135 Å². The molecule has 3 aliphatic heterocycles. The number of carbonyl (C=O) groups is 1. The van der Waals surface area contributed by atoms with Crippen LogP contribution in [0, 0.1) is 0 Å². The third-order valence-corrected chi connectivity index (χ3v) is 12.3. The van der Waals surface area contributed by atoms with E-state index >= 15 is 0 Å². The van der Waals surface area contributed by atoms with Crippen molar-refractivity contribution in [1.82, 2.24) is 0 Å². The highest BCUT2D eigenvalue weighted by Crippen LogP contribution is 2.44. The molecule has 5 aromatic rings. The van der Waals surface area contributed by atoms with Crippen molar-refractivity contribution in [2.75, 3.05) is 26.4 Å². The smallest absolute Gasteiger partial charge is 0.402 e. The van der Waals surface area contributed by atoms with Gasteiger partial charge in [0.05, 0.1) is 37.0 Å². The number of hydrogen-bond acceptors (Lipinski definition) is 24. The maximum atomic E-state index is 12.8. The van der Waals surface area contributed by atoms with Crippen LogP contribution in [0.2, 0.25) is 0 Å². The molecule has 0 spiro atoms. The zero-order chi connectivity index (χ0) is 53.1. The van der Waals surface area contributed by atoms with Crippen LogP contribution < -0.4 is 9.47 Å². The lowest BCUT2D eigenvalue weighted by Gasteiger charge is -2.46. The normalized spacial score (nSPS) is 30.3. The van der Waals surface area contributed by atoms with Gasteiger partial charge in [0, 0.05) is 18.2 Å². The Morgan fingerprint density at radius 1 is 0.568 bits per heavy atom. The molecule has 0 bridgehead atoms. The van der Waals surface area contributed by atoms with Gasteiger partial charge in [-0.25, -0.2) is 9.21 Å². The van der Waals surface area contributed by atoms with Crippen molar-refractivity contribution in [3.8, 4) is 57.3 Å². The Morgan fingerprint density at radius 2 is 1.18 bits per heavy atom. The van der Waals surface area contributed by atoms with E-state index in [2.05, 4.69) is 0 Å². The summed E-state index contributed by atoms with van der Waals surface area (Å²) in [6.45, 7) is -2.14. The van der Waals surface area contributed by atoms with Gasteiger partial charge in [-0.3, -0.25) is 0 Å². The van der Waals surface area contributed by atoms with Gasteiger partial charge in [-0.2, -0.15) is 0 Å². The average molecular weight is 1040 g/mol. The number of aliphatic hydroxyl groups excluding tert-OH is 9. The first-order chi connectivity index (χ1) is 35.3. The predicted molar refractivity (Wildman–Crippen MR) is 246 cm³/mol. The molecule has 3 fully saturated rings. The van der Waals surface area contributed by atoms with E-state index in [0.717, 1.165) is 24.3 Å². The van der Waals surface area contributed by atoms with E-state index in [4.69, 9.17) is 42.3 Å². The summed E-state index contributed by atoms with van der Waals surface area (Å²) >= 11 is 0. The Morgan fingerprint density at radius 3 is 1.86 bits per heavy atom.